The number of nitrogens with one attached hydrogen (secondary N) is 1. The third-order valence-corrected chi connectivity index (χ3v) is 5.25. The van der Waals surface area contributed by atoms with Gasteiger partial charge in [-0.2, -0.15) is 0 Å². The van der Waals surface area contributed by atoms with Crippen molar-refractivity contribution in [1.82, 2.24) is 5.32 Å². The van der Waals surface area contributed by atoms with E-state index in [9.17, 15) is 8.42 Å². The smallest absolute Gasteiger partial charge is 0.179 e. The molecule has 0 unspecified atom stereocenters. The molecule has 0 bridgehead atoms. The molecule has 0 amide bonds. The number of sulfone groups is 1. The highest BCUT2D eigenvalue weighted by Gasteiger charge is 2.32. The van der Waals surface area contributed by atoms with E-state index < -0.39 is 9.84 Å². The molecule has 20 heavy (non-hydrogen) atoms. The molecule has 112 valence electrons. The van der Waals surface area contributed by atoms with E-state index in [-0.39, 0.29) is 16.5 Å². The summed E-state index contributed by atoms with van der Waals surface area (Å²) in [5.74, 6) is 0.414. The van der Waals surface area contributed by atoms with Crippen LogP contribution >= 0.6 is 0 Å². The second kappa shape index (κ2) is 5.37. The predicted molar refractivity (Wildman–Crippen MR) is 79.9 cm³/mol. The molecule has 0 aliphatic heterocycles. The fourth-order valence-electron chi connectivity index (χ4n) is 2.72. The van der Waals surface area contributed by atoms with Crippen LogP contribution in [0.3, 0.4) is 0 Å². The molecule has 1 atom stereocenters. The fraction of sp³-hybridized carbons (Fsp3) is 0.600. The molecule has 4 nitrogen and oxygen atoms in total. The zero-order chi connectivity index (χ0) is 15.0. The Bertz CT molecular complexity index is 591. The van der Waals surface area contributed by atoms with Crippen molar-refractivity contribution in [2.24, 2.45) is 0 Å². The van der Waals surface area contributed by atoms with Crippen molar-refractivity contribution in [3.8, 4) is 5.75 Å². The van der Waals surface area contributed by atoms with Gasteiger partial charge in [0, 0.05) is 17.8 Å². The van der Waals surface area contributed by atoms with Crippen LogP contribution in [0.1, 0.15) is 44.7 Å². The number of rotatable bonds is 5. The standard InChI is InChI=1S/C15H23NO3S/c1-11(16-15(2)8-5-9-15)12-6-7-14(20(4,17)18)13(10-12)19-3/h6-7,10-11,16H,5,8-9H2,1-4H3/t11-/m1/s1. The van der Waals surface area contributed by atoms with E-state index in [0.717, 1.165) is 5.56 Å². The molecule has 1 fully saturated rings. The average molecular weight is 297 g/mol. The first-order valence-electron chi connectivity index (χ1n) is 6.91. The molecule has 2 rings (SSSR count). The lowest BCUT2D eigenvalue weighted by Gasteiger charge is -2.41. The van der Waals surface area contributed by atoms with Gasteiger partial charge in [0.05, 0.1) is 7.11 Å². The number of benzene rings is 1. The monoisotopic (exact) mass is 297 g/mol. The van der Waals surface area contributed by atoms with Gasteiger partial charge in [-0.25, -0.2) is 8.42 Å². The van der Waals surface area contributed by atoms with Gasteiger partial charge in [0.25, 0.3) is 0 Å². The molecule has 0 radical (unpaired) electrons. The molecule has 0 spiro atoms. The van der Waals surface area contributed by atoms with Crippen molar-refractivity contribution in [2.75, 3.05) is 13.4 Å². The summed E-state index contributed by atoms with van der Waals surface area (Å²) >= 11 is 0. The molecular formula is C15H23NO3S. The van der Waals surface area contributed by atoms with Crippen molar-refractivity contribution in [2.45, 2.75) is 49.6 Å². The van der Waals surface area contributed by atoms with Crippen molar-refractivity contribution in [1.29, 1.82) is 0 Å². The minimum Gasteiger partial charge on any atom is -0.495 e. The van der Waals surface area contributed by atoms with E-state index in [2.05, 4.69) is 19.2 Å². The van der Waals surface area contributed by atoms with Gasteiger partial charge in [0.15, 0.2) is 9.84 Å². The first-order valence-corrected chi connectivity index (χ1v) is 8.80. The van der Waals surface area contributed by atoms with Crippen LogP contribution in [-0.2, 0) is 9.84 Å². The van der Waals surface area contributed by atoms with Crippen LogP contribution in [0.5, 0.6) is 5.75 Å². The Hall–Kier alpha value is -1.07. The van der Waals surface area contributed by atoms with Gasteiger partial charge in [-0.15, -0.1) is 0 Å². The van der Waals surface area contributed by atoms with Gasteiger partial charge in [-0.3, -0.25) is 0 Å². The first kappa shape index (κ1) is 15.3. The fourth-order valence-corrected chi connectivity index (χ4v) is 3.54. The Morgan fingerprint density at radius 1 is 1.35 bits per heavy atom. The SMILES string of the molecule is COc1cc([C@@H](C)NC2(C)CCC2)ccc1S(C)(=O)=O. The number of ether oxygens (including phenoxy) is 1. The maximum absolute atomic E-state index is 11.7. The van der Waals surface area contributed by atoms with E-state index in [4.69, 9.17) is 4.74 Å². The van der Waals surface area contributed by atoms with E-state index in [1.54, 1.807) is 6.07 Å². The quantitative estimate of drug-likeness (QED) is 0.908. The Morgan fingerprint density at radius 3 is 2.45 bits per heavy atom. The van der Waals surface area contributed by atoms with Crippen LogP contribution in [0.4, 0.5) is 0 Å². The molecule has 0 aromatic heterocycles. The third kappa shape index (κ3) is 3.15. The topological polar surface area (TPSA) is 55.4 Å². The summed E-state index contributed by atoms with van der Waals surface area (Å²) < 4.78 is 28.6. The van der Waals surface area contributed by atoms with Crippen molar-refractivity contribution < 1.29 is 13.2 Å². The summed E-state index contributed by atoms with van der Waals surface area (Å²) in [5, 5.41) is 3.61. The third-order valence-electron chi connectivity index (χ3n) is 4.11. The van der Waals surface area contributed by atoms with Gasteiger partial charge in [0.2, 0.25) is 0 Å². The Morgan fingerprint density at radius 2 is 2.00 bits per heavy atom. The normalized spacial score (nSPS) is 19.2. The van der Waals surface area contributed by atoms with Crippen LogP contribution in [0.25, 0.3) is 0 Å². The summed E-state index contributed by atoms with van der Waals surface area (Å²) in [4.78, 5) is 0.241. The Balaban J connectivity index is 2.25. The van der Waals surface area contributed by atoms with E-state index in [0.29, 0.717) is 5.75 Å². The minimum atomic E-state index is -3.26. The number of hydrogen-bond acceptors (Lipinski definition) is 4. The molecule has 1 aliphatic carbocycles. The van der Waals surface area contributed by atoms with Gasteiger partial charge >= 0.3 is 0 Å². The van der Waals surface area contributed by atoms with Crippen molar-refractivity contribution in [3.05, 3.63) is 23.8 Å². The van der Waals surface area contributed by atoms with Crippen molar-refractivity contribution >= 4 is 9.84 Å². The van der Waals surface area contributed by atoms with Gasteiger partial charge < -0.3 is 10.1 Å². The van der Waals surface area contributed by atoms with Crippen LogP contribution in [0.15, 0.2) is 23.1 Å². The minimum absolute atomic E-state index is 0.169. The van der Waals surface area contributed by atoms with Crippen LogP contribution < -0.4 is 10.1 Å². The van der Waals surface area contributed by atoms with Crippen LogP contribution in [0, 0.1) is 0 Å². The largest absolute Gasteiger partial charge is 0.495 e. The lowest BCUT2D eigenvalue weighted by atomic mass is 9.78. The van der Waals surface area contributed by atoms with E-state index in [1.807, 2.05) is 12.1 Å². The highest BCUT2D eigenvalue weighted by atomic mass is 32.2. The molecule has 1 aliphatic rings. The second-order valence-corrected chi connectivity index (χ2v) is 7.95. The highest BCUT2D eigenvalue weighted by Crippen LogP contribution is 2.34. The summed E-state index contributed by atoms with van der Waals surface area (Å²) in [6.07, 6.45) is 4.85. The van der Waals surface area contributed by atoms with E-state index >= 15 is 0 Å². The molecule has 1 aromatic carbocycles. The molecular weight excluding hydrogens is 274 g/mol. The highest BCUT2D eigenvalue weighted by molar-refractivity contribution is 7.90. The summed E-state index contributed by atoms with van der Waals surface area (Å²) in [6, 6.07) is 5.47. The molecule has 1 aromatic rings. The lowest BCUT2D eigenvalue weighted by molar-refractivity contribution is 0.189. The molecule has 5 heteroatoms. The summed E-state index contributed by atoms with van der Waals surface area (Å²) in [7, 11) is -1.76. The lowest BCUT2D eigenvalue weighted by Crippen LogP contribution is -2.49. The number of hydrogen-bond donors (Lipinski definition) is 1. The van der Waals surface area contributed by atoms with Crippen molar-refractivity contribution in [3.63, 3.8) is 0 Å². The summed E-state index contributed by atoms with van der Waals surface area (Å²) in [5.41, 5.74) is 1.25. The van der Waals surface area contributed by atoms with Gasteiger partial charge in [-0.1, -0.05) is 6.07 Å². The van der Waals surface area contributed by atoms with E-state index in [1.165, 1.54) is 32.6 Å². The Kier molecular flexibility index (Phi) is 4.12. The predicted octanol–water partition coefficient (Wildman–Crippen LogP) is 2.69. The first-order chi connectivity index (χ1) is 9.25. The average Bonchev–Trinajstić information content (AvgIpc) is 2.34. The van der Waals surface area contributed by atoms with Crippen LogP contribution in [-0.4, -0.2) is 27.3 Å². The Labute approximate surface area is 121 Å². The maximum Gasteiger partial charge on any atom is 0.179 e. The van der Waals surface area contributed by atoms with Gasteiger partial charge in [0.1, 0.15) is 10.6 Å². The zero-order valence-electron chi connectivity index (χ0n) is 12.6. The molecule has 0 saturated heterocycles. The maximum atomic E-state index is 11.7. The second-order valence-electron chi connectivity index (χ2n) is 5.96. The molecule has 1 saturated carbocycles. The molecule has 0 heterocycles. The van der Waals surface area contributed by atoms with Crippen LogP contribution in [0.2, 0.25) is 0 Å². The zero-order valence-corrected chi connectivity index (χ0v) is 13.4. The van der Waals surface area contributed by atoms with Gasteiger partial charge in [-0.05, 0) is 50.8 Å². The molecule has 1 N–H and O–H groups in total. The number of methoxy groups -OCH3 is 1. The summed E-state index contributed by atoms with van der Waals surface area (Å²) in [6.45, 7) is 4.33.